The number of nitrogens with one attached hydrogen (secondary N) is 3. The van der Waals surface area contributed by atoms with Crippen molar-refractivity contribution in [3.8, 4) is 17.6 Å². The minimum atomic E-state index is -0.536. The molecule has 0 atom stereocenters. The van der Waals surface area contributed by atoms with E-state index < -0.39 is 5.82 Å². The molecule has 2 aromatic carbocycles. The second-order valence-corrected chi connectivity index (χ2v) is 8.22. The summed E-state index contributed by atoms with van der Waals surface area (Å²) in [5, 5.41) is 19.5. The number of hydrogen-bond acceptors (Lipinski definition) is 9. The number of methoxy groups -OCH3 is 1. The van der Waals surface area contributed by atoms with Gasteiger partial charge in [0.2, 0.25) is 0 Å². The standard InChI is InChI=1S/C25H30FN7O2/c1-34-23-15-22-19(25(31-17-30-22)32-21-4-3-18(16-27)13-20(21)26)14-24(23)35-12-2-9-33-10-7-28-5-6-29-8-11-33/h3-4,13-15,17,28-29H,2,5-12H2,1H3,(H,30,31,32). The predicted molar refractivity (Wildman–Crippen MR) is 133 cm³/mol. The van der Waals surface area contributed by atoms with Crippen molar-refractivity contribution in [3.05, 3.63) is 48.0 Å². The summed E-state index contributed by atoms with van der Waals surface area (Å²) in [5.74, 6) is 1.04. The van der Waals surface area contributed by atoms with E-state index in [9.17, 15) is 4.39 Å². The average molecular weight is 480 g/mol. The van der Waals surface area contributed by atoms with Crippen molar-refractivity contribution in [1.29, 1.82) is 5.26 Å². The number of aromatic nitrogens is 2. The number of nitrogens with zero attached hydrogens (tertiary/aromatic N) is 4. The van der Waals surface area contributed by atoms with Gasteiger partial charge >= 0.3 is 0 Å². The Morgan fingerprint density at radius 2 is 1.89 bits per heavy atom. The predicted octanol–water partition coefficient (Wildman–Crippen LogP) is 2.66. The number of anilines is 2. The average Bonchev–Trinajstić information content (AvgIpc) is 3.01. The summed E-state index contributed by atoms with van der Waals surface area (Å²) in [4.78, 5) is 11.0. The lowest BCUT2D eigenvalue weighted by atomic mass is 10.2. The molecule has 0 spiro atoms. The zero-order valence-corrected chi connectivity index (χ0v) is 19.8. The summed E-state index contributed by atoms with van der Waals surface area (Å²) in [6.45, 7) is 7.45. The molecule has 10 heteroatoms. The number of halogens is 1. The summed E-state index contributed by atoms with van der Waals surface area (Å²) in [5.41, 5.74) is 1.10. The van der Waals surface area contributed by atoms with Gasteiger partial charge in [0.1, 0.15) is 18.0 Å². The Bertz CT molecular complexity index is 1170. The lowest BCUT2D eigenvalue weighted by Gasteiger charge is -2.21. The highest BCUT2D eigenvalue weighted by molar-refractivity contribution is 5.93. The molecule has 35 heavy (non-hydrogen) atoms. The third kappa shape index (κ3) is 6.54. The molecule has 0 aliphatic carbocycles. The van der Waals surface area contributed by atoms with Crippen molar-refractivity contribution in [2.45, 2.75) is 6.42 Å². The van der Waals surface area contributed by atoms with Crippen molar-refractivity contribution in [2.24, 2.45) is 0 Å². The largest absolute Gasteiger partial charge is 0.493 e. The van der Waals surface area contributed by atoms with Gasteiger partial charge in [0, 0.05) is 57.3 Å². The van der Waals surface area contributed by atoms with E-state index in [-0.39, 0.29) is 11.3 Å². The molecule has 1 aliphatic heterocycles. The molecule has 1 aromatic heterocycles. The minimum absolute atomic E-state index is 0.218. The summed E-state index contributed by atoms with van der Waals surface area (Å²) in [6.07, 6.45) is 2.27. The molecule has 3 N–H and O–H groups in total. The first-order chi connectivity index (χ1) is 17.2. The van der Waals surface area contributed by atoms with Gasteiger partial charge in [0.15, 0.2) is 11.5 Å². The van der Waals surface area contributed by atoms with Crippen LogP contribution in [0.15, 0.2) is 36.7 Å². The van der Waals surface area contributed by atoms with Crippen molar-refractivity contribution < 1.29 is 13.9 Å². The molecule has 1 saturated heterocycles. The molecule has 0 unspecified atom stereocenters. The van der Waals surface area contributed by atoms with E-state index in [4.69, 9.17) is 14.7 Å². The number of nitriles is 1. The van der Waals surface area contributed by atoms with E-state index >= 15 is 0 Å². The Morgan fingerprint density at radius 1 is 1.09 bits per heavy atom. The van der Waals surface area contributed by atoms with E-state index in [1.54, 1.807) is 19.2 Å². The summed E-state index contributed by atoms with van der Waals surface area (Å²) in [7, 11) is 1.59. The highest BCUT2D eigenvalue weighted by Crippen LogP contribution is 2.35. The number of ether oxygens (including phenoxy) is 2. The Labute approximate surface area is 204 Å². The van der Waals surface area contributed by atoms with Crippen LogP contribution in [0.2, 0.25) is 0 Å². The van der Waals surface area contributed by atoms with E-state index in [1.807, 2.05) is 12.1 Å². The van der Waals surface area contributed by atoms with Crippen molar-refractivity contribution in [1.82, 2.24) is 25.5 Å². The molecule has 0 radical (unpaired) electrons. The van der Waals surface area contributed by atoms with Gasteiger partial charge in [-0.15, -0.1) is 0 Å². The maximum absolute atomic E-state index is 14.4. The van der Waals surface area contributed by atoms with Crippen LogP contribution < -0.4 is 25.4 Å². The lowest BCUT2D eigenvalue weighted by molar-refractivity contribution is 0.233. The second-order valence-electron chi connectivity index (χ2n) is 8.22. The Balaban J connectivity index is 1.46. The van der Waals surface area contributed by atoms with E-state index in [0.29, 0.717) is 34.8 Å². The molecule has 2 heterocycles. The highest BCUT2D eigenvalue weighted by Gasteiger charge is 2.14. The molecule has 3 aromatic rings. The lowest BCUT2D eigenvalue weighted by Crippen LogP contribution is -2.35. The zero-order chi connectivity index (χ0) is 24.5. The van der Waals surface area contributed by atoms with Crippen LogP contribution in [0.5, 0.6) is 11.5 Å². The molecular weight excluding hydrogens is 449 g/mol. The molecule has 0 saturated carbocycles. The smallest absolute Gasteiger partial charge is 0.162 e. The molecule has 0 amide bonds. The fourth-order valence-electron chi connectivity index (χ4n) is 3.96. The fourth-order valence-corrected chi connectivity index (χ4v) is 3.96. The maximum atomic E-state index is 14.4. The van der Waals surface area contributed by atoms with Gasteiger partial charge in [-0.25, -0.2) is 14.4 Å². The fraction of sp³-hybridized carbons (Fsp3) is 0.400. The van der Waals surface area contributed by atoms with Gasteiger partial charge in [-0.3, -0.25) is 0 Å². The van der Waals surface area contributed by atoms with Crippen molar-refractivity contribution in [3.63, 3.8) is 0 Å². The van der Waals surface area contributed by atoms with Crippen LogP contribution in [0.3, 0.4) is 0 Å². The minimum Gasteiger partial charge on any atom is -0.493 e. The van der Waals surface area contributed by atoms with Crippen LogP contribution in [-0.4, -0.2) is 74.4 Å². The number of hydrogen-bond donors (Lipinski definition) is 3. The monoisotopic (exact) mass is 479 g/mol. The third-order valence-corrected chi connectivity index (χ3v) is 5.84. The quantitative estimate of drug-likeness (QED) is 0.420. The van der Waals surface area contributed by atoms with E-state index in [0.717, 1.165) is 52.2 Å². The van der Waals surface area contributed by atoms with Crippen molar-refractivity contribution >= 4 is 22.4 Å². The van der Waals surface area contributed by atoms with Gasteiger partial charge in [-0.2, -0.15) is 5.26 Å². The van der Waals surface area contributed by atoms with E-state index in [1.165, 1.54) is 18.5 Å². The molecule has 0 bridgehead atoms. The highest BCUT2D eigenvalue weighted by atomic mass is 19.1. The molecule has 4 rings (SSSR count). The second kappa shape index (κ2) is 12.3. The molecule has 1 fully saturated rings. The van der Waals surface area contributed by atoms with Crippen LogP contribution in [0.1, 0.15) is 12.0 Å². The number of benzene rings is 2. The first kappa shape index (κ1) is 24.6. The molecule has 9 nitrogen and oxygen atoms in total. The molecule has 184 valence electrons. The van der Waals surface area contributed by atoms with Gasteiger partial charge < -0.3 is 30.3 Å². The normalized spacial score (nSPS) is 15.0. The molecular formula is C25H30FN7O2. The Hall–Kier alpha value is -3.52. The van der Waals surface area contributed by atoms with Gasteiger partial charge in [-0.05, 0) is 30.7 Å². The summed E-state index contributed by atoms with van der Waals surface area (Å²) >= 11 is 0. The SMILES string of the molecule is COc1cc2ncnc(Nc3ccc(C#N)cc3F)c2cc1OCCCN1CCNCCNCC1. The van der Waals surface area contributed by atoms with E-state index in [2.05, 4.69) is 30.8 Å². The first-order valence-corrected chi connectivity index (χ1v) is 11.7. The summed E-state index contributed by atoms with van der Waals surface area (Å²) < 4.78 is 26.1. The number of fused-ring (bicyclic) bond motifs is 1. The topological polar surface area (TPSA) is 107 Å². The van der Waals surface area contributed by atoms with Crippen LogP contribution in [-0.2, 0) is 0 Å². The van der Waals surface area contributed by atoms with Crippen LogP contribution in [0.25, 0.3) is 10.9 Å². The number of rotatable bonds is 8. The third-order valence-electron chi connectivity index (χ3n) is 5.84. The summed E-state index contributed by atoms with van der Waals surface area (Å²) in [6, 6.07) is 9.77. The maximum Gasteiger partial charge on any atom is 0.162 e. The molecule has 1 aliphatic rings. The Kier molecular flexibility index (Phi) is 8.62. The van der Waals surface area contributed by atoms with Gasteiger partial charge in [-0.1, -0.05) is 0 Å². The Morgan fingerprint density at radius 3 is 2.60 bits per heavy atom. The van der Waals surface area contributed by atoms with Crippen LogP contribution in [0.4, 0.5) is 15.9 Å². The van der Waals surface area contributed by atoms with Crippen LogP contribution >= 0.6 is 0 Å². The van der Waals surface area contributed by atoms with Gasteiger partial charge in [0.25, 0.3) is 0 Å². The van der Waals surface area contributed by atoms with Crippen LogP contribution in [0, 0.1) is 17.1 Å². The van der Waals surface area contributed by atoms with Crippen molar-refractivity contribution in [2.75, 3.05) is 64.8 Å². The zero-order valence-electron chi connectivity index (χ0n) is 19.8. The first-order valence-electron chi connectivity index (χ1n) is 11.7. The van der Waals surface area contributed by atoms with Gasteiger partial charge in [0.05, 0.1) is 36.6 Å².